The van der Waals surface area contributed by atoms with Gasteiger partial charge < -0.3 is 10.2 Å². The quantitative estimate of drug-likeness (QED) is 0.382. The zero-order valence-corrected chi connectivity index (χ0v) is 5.90. The van der Waals surface area contributed by atoms with Gasteiger partial charge in [-0.05, 0) is 5.37 Å². The molecular formula is C4H8O2S2. The predicted molar refractivity (Wildman–Crippen MR) is 39.5 cm³/mol. The predicted octanol–water partition coefficient (Wildman–Crippen LogP) is -0.362. The molecule has 0 fully saturated rings. The molecule has 8 heavy (non-hydrogen) atoms. The number of aliphatic hydroxyl groups excluding tert-OH is 2. The van der Waals surface area contributed by atoms with Crippen LogP contribution in [-0.4, -0.2) is 33.5 Å². The van der Waals surface area contributed by atoms with Gasteiger partial charge in [0.25, 0.3) is 0 Å². The van der Waals surface area contributed by atoms with E-state index in [0.29, 0.717) is 0 Å². The Morgan fingerprint density at radius 2 is 2.25 bits per heavy atom. The molecule has 48 valence electrons. The summed E-state index contributed by atoms with van der Waals surface area (Å²) in [4.78, 5) is 0. The van der Waals surface area contributed by atoms with Gasteiger partial charge in [-0.15, -0.1) is 0 Å². The molecule has 2 N–H and O–H groups in total. The molecule has 0 radical (unpaired) electrons. The molecule has 2 atom stereocenters. The third-order valence-corrected chi connectivity index (χ3v) is 1.71. The zero-order chi connectivity index (χ0) is 6.57. The number of thiol groups is 1. The van der Waals surface area contributed by atoms with Crippen LogP contribution in [0.15, 0.2) is 0 Å². The highest BCUT2D eigenvalue weighted by Crippen LogP contribution is 1.97. The van der Waals surface area contributed by atoms with E-state index in [0.717, 1.165) is 0 Å². The Labute approximate surface area is 58.9 Å². The molecule has 0 rings (SSSR count). The molecule has 0 aromatic heterocycles. The van der Waals surface area contributed by atoms with Gasteiger partial charge in [-0.2, -0.15) is 12.6 Å². The maximum atomic E-state index is 8.70. The van der Waals surface area contributed by atoms with Crippen molar-refractivity contribution in [3.63, 3.8) is 0 Å². The van der Waals surface area contributed by atoms with Crippen LogP contribution in [0.3, 0.4) is 0 Å². The Morgan fingerprint density at radius 3 is 2.38 bits per heavy atom. The van der Waals surface area contributed by atoms with Gasteiger partial charge >= 0.3 is 0 Å². The second kappa shape index (κ2) is 4.26. The Hall–Kier alpha value is 0.360. The lowest BCUT2D eigenvalue weighted by molar-refractivity contribution is 0.106. The van der Waals surface area contributed by atoms with Crippen molar-refractivity contribution in [3.05, 3.63) is 0 Å². The highest BCUT2D eigenvalue weighted by atomic mass is 32.1. The van der Waals surface area contributed by atoms with Crippen molar-refractivity contribution in [3.8, 4) is 0 Å². The summed E-state index contributed by atoms with van der Waals surface area (Å²) in [5.41, 5.74) is 0. The highest BCUT2D eigenvalue weighted by molar-refractivity contribution is 7.85. The monoisotopic (exact) mass is 152 g/mol. The Balaban J connectivity index is 3.44. The minimum atomic E-state index is -0.823. The summed E-state index contributed by atoms with van der Waals surface area (Å²) in [5.74, 6) is 0. The summed E-state index contributed by atoms with van der Waals surface area (Å²) in [6.07, 6.45) is -0.823. The zero-order valence-electron chi connectivity index (χ0n) is 4.19. The van der Waals surface area contributed by atoms with Crippen LogP contribution in [0.1, 0.15) is 0 Å². The van der Waals surface area contributed by atoms with Gasteiger partial charge in [0, 0.05) is 0 Å². The van der Waals surface area contributed by atoms with Crippen LogP contribution in [0.25, 0.3) is 0 Å². The summed E-state index contributed by atoms with van der Waals surface area (Å²) >= 11 is 8.28. The summed E-state index contributed by atoms with van der Waals surface area (Å²) in [6, 6.07) is 0. The van der Waals surface area contributed by atoms with Crippen LogP contribution in [-0.2, 0) is 0 Å². The van der Waals surface area contributed by atoms with Gasteiger partial charge in [-0.25, -0.2) is 0 Å². The average molecular weight is 152 g/mol. The van der Waals surface area contributed by atoms with E-state index in [1.807, 2.05) is 0 Å². The summed E-state index contributed by atoms with van der Waals surface area (Å²) in [7, 11) is 0. The van der Waals surface area contributed by atoms with E-state index in [9.17, 15) is 0 Å². The standard InChI is InChI=1S/C4H8O2S2/c5-1-3(6)4(8)2-7/h2-6,8H,1H2/t3-,4+/m1/s1. The first kappa shape index (κ1) is 8.36. The molecule has 0 saturated heterocycles. The molecule has 0 bridgehead atoms. The first-order chi connectivity index (χ1) is 3.72. The normalized spacial score (nSPS) is 17.4. The minimum absolute atomic E-state index is 0.290. The largest absolute Gasteiger partial charge is 0.394 e. The Kier molecular flexibility index (Phi) is 4.45. The van der Waals surface area contributed by atoms with E-state index in [1.165, 1.54) is 5.37 Å². The van der Waals surface area contributed by atoms with Gasteiger partial charge in [0.1, 0.15) is 0 Å². The van der Waals surface area contributed by atoms with E-state index in [1.54, 1.807) is 0 Å². The third-order valence-electron chi connectivity index (χ3n) is 0.721. The third kappa shape index (κ3) is 2.61. The minimum Gasteiger partial charge on any atom is -0.394 e. The van der Waals surface area contributed by atoms with E-state index < -0.39 is 11.4 Å². The van der Waals surface area contributed by atoms with E-state index >= 15 is 0 Å². The topological polar surface area (TPSA) is 40.5 Å². The van der Waals surface area contributed by atoms with Crippen LogP contribution in [0.4, 0.5) is 0 Å². The maximum Gasteiger partial charge on any atom is 0.0929 e. The Bertz CT molecular complexity index is 76.4. The number of hydrogen-bond donors (Lipinski definition) is 3. The van der Waals surface area contributed by atoms with Crippen molar-refractivity contribution in [1.82, 2.24) is 0 Å². The maximum absolute atomic E-state index is 8.70. The van der Waals surface area contributed by atoms with E-state index in [-0.39, 0.29) is 6.61 Å². The van der Waals surface area contributed by atoms with Gasteiger partial charge in [0.15, 0.2) is 0 Å². The van der Waals surface area contributed by atoms with Crippen molar-refractivity contribution in [1.29, 1.82) is 0 Å². The number of hydrogen-bond acceptors (Lipinski definition) is 4. The van der Waals surface area contributed by atoms with E-state index in [2.05, 4.69) is 24.8 Å². The van der Waals surface area contributed by atoms with Gasteiger partial charge in [0.2, 0.25) is 0 Å². The van der Waals surface area contributed by atoms with Crippen LogP contribution in [0, 0.1) is 0 Å². The van der Waals surface area contributed by atoms with Crippen molar-refractivity contribution in [2.45, 2.75) is 11.4 Å². The molecule has 0 saturated carbocycles. The second-order valence-electron chi connectivity index (χ2n) is 1.38. The van der Waals surface area contributed by atoms with Gasteiger partial charge in [-0.1, -0.05) is 12.2 Å². The fourth-order valence-electron chi connectivity index (χ4n) is 0.199. The molecule has 0 aromatic rings. The molecule has 4 heteroatoms. The first-order valence-electron chi connectivity index (χ1n) is 2.14. The SMILES string of the molecule is OC[C@@H](O)[C@@H](S)C=S. The molecule has 0 aliphatic heterocycles. The van der Waals surface area contributed by atoms with Crippen LogP contribution in [0.2, 0.25) is 0 Å². The van der Waals surface area contributed by atoms with Crippen molar-refractivity contribution in [2.75, 3.05) is 6.61 Å². The highest BCUT2D eigenvalue weighted by Gasteiger charge is 2.08. The summed E-state index contributed by atoms with van der Waals surface area (Å²) in [6.45, 7) is -0.290. The molecule has 0 aromatic carbocycles. The molecule has 0 unspecified atom stereocenters. The second-order valence-corrected chi connectivity index (χ2v) is 2.25. The average Bonchev–Trinajstić information content (AvgIpc) is 1.84. The lowest BCUT2D eigenvalue weighted by Gasteiger charge is -2.08. The number of thiocarbonyl (C=S) groups is 1. The van der Waals surface area contributed by atoms with E-state index in [4.69, 9.17) is 10.2 Å². The van der Waals surface area contributed by atoms with Gasteiger partial charge in [0.05, 0.1) is 18.0 Å². The molecule has 0 aliphatic carbocycles. The van der Waals surface area contributed by atoms with Crippen molar-refractivity contribution in [2.24, 2.45) is 0 Å². The summed E-state index contributed by atoms with van der Waals surface area (Å²) < 4.78 is 0. The van der Waals surface area contributed by atoms with Crippen molar-refractivity contribution < 1.29 is 10.2 Å². The Morgan fingerprint density at radius 1 is 1.75 bits per heavy atom. The van der Waals surface area contributed by atoms with Crippen LogP contribution < -0.4 is 0 Å². The van der Waals surface area contributed by atoms with Crippen LogP contribution >= 0.6 is 24.8 Å². The molecule has 0 spiro atoms. The molecule has 2 nitrogen and oxygen atoms in total. The fraction of sp³-hybridized carbons (Fsp3) is 0.750. The number of rotatable bonds is 3. The summed E-state index contributed by atoms with van der Waals surface area (Å²) in [5, 5.41) is 17.9. The number of aliphatic hydroxyl groups is 2. The lowest BCUT2D eigenvalue weighted by atomic mass is 10.3. The smallest absolute Gasteiger partial charge is 0.0929 e. The van der Waals surface area contributed by atoms with Gasteiger partial charge in [-0.3, -0.25) is 0 Å². The molecule has 0 heterocycles. The fourth-order valence-corrected chi connectivity index (χ4v) is 0.474. The van der Waals surface area contributed by atoms with Crippen molar-refractivity contribution >= 4 is 30.2 Å². The molecular weight excluding hydrogens is 144 g/mol. The first-order valence-corrected chi connectivity index (χ1v) is 3.13. The molecule has 0 aliphatic rings. The van der Waals surface area contributed by atoms with Crippen LogP contribution in [0.5, 0.6) is 0 Å². The molecule has 0 amide bonds. The lowest BCUT2D eigenvalue weighted by Crippen LogP contribution is -2.25.